The van der Waals surface area contributed by atoms with Gasteiger partial charge in [-0.05, 0) is 16.5 Å². The van der Waals surface area contributed by atoms with Crippen molar-refractivity contribution in [2.75, 3.05) is 7.11 Å². The topological polar surface area (TPSA) is 88.6 Å². The van der Waals surface area contributed by atoms with Gasteiger partial charge in [-0.15, -0.1) is 10.2 Å². The third-order valence-electron chi connectivity index (χ3n) is 2.42. The molecule has 0 saturated heterocycles. The molecule has 1 aliphatic heterocycles. The third kappa shape index (κ3) is 1.94. The molecular weight excluding hydrogens is 267 g/mol. The Morgan fingerprint density at radius 1 is 1.32 bits per heavy atom. The van der Waals surface area contributed by atoms with E-state index in [0.717, 1.165) is 12.3 Å². The summed E-state index contributed by atoms with van der Waals surface area (Å²) in [6.45, 7) is 0. The van der Waals surface area contributed by atoms with Crippen LogP contribution in [0, 0.1) is 0 Å². The molecule has 1 aromatic heterocycles. The SMILES string of the molecule is COc1ncc(C2(C(F)(F)F)N=NN=N2)cc1C=O. The Morgan fingerprint density at radius 2 is 1.95 bits per heavy atom. The summed E-state index contributed by atoms with van der Waals surface area (Å²) in [4.78, 5) is 14.4. The number of alkyl halides is 3. The number of carbonyl (C=O) groups excluding carboxylic acids is 1. The molecule has 0 fully saturated rings. The molecule has 0 atom stereocenters. The highest BCUT2D eigenvalue weighted by molar-refractivity contribution is 5.78. The van der Waals surface area contributed by atoms with Gasteiger partial charge in [0.2, 0.25) is 5.88 Å². The Labute approximate surface area is 104 Å². The van der Waals surface area contributed by atoms with Gasteiger partial charge in [-0.1, -0.05) is 0 Å². The van der Waals surface area contributed by atoms with Crippen molar-refractivity contribution in [1.82, 2.24) is 4.98 Å². The second kappa shape index (κ2) is 4.37. The Bertz CT molecular complexity index is 557. The molecule has 0 unspecified atom stereocenters. The summed E-state index contributed by atoms with van der Waals surface area (Å²) in [6.07, 6.45) is -3.67. The van der Waals surface area contributed by atoms with E-state index < -0.39 is 17.4 Å². The lowest BCUT2D eigenvalue weighted by Crippen LogP contribution is -2.37. The number of nitrogens with zero attached hydrogens (tertiary/aromatic N) is 5. The first-order valence-corrected chi connectivity index (χ1v) is 4.85. The van der Waals surface area contributed by atoms with Crippen LogP contribution < -0.4 is 4.74 Å². The zero-order chi connectivity index (χ0) is 14.1. The number of hydrogen-bond donors (Lipinski definition) is 0. The van der Waals surface area contributed by atoms with Crippen molar-refractivity contribution >= 4 is 6.29 Å². The van der Waals surface area contributed by atoms with Crippen molar-refractivity contribution in [1.29, 1.82) is 0 Å². The highest BCUT2D eigenvalue weighted by atomic mass is 19.4. The Kier molecular flexibility index (Phi) is 3.00. The van der Waals surface area contributed by atoms with Crippen LogP contribution in [0.25, 0.3) is 0 Å². The molecule has 7 nitrogen and oxygen atoms in total. The van der Waals surface area contributed by atoms with E-state index in [9.17, 15) is 18.0 Å². The second-order valence-electron chi connectivity index (χ2n) is 3.49. The molecule has 100 valence electrons. The van der Waals surface area contributed by atoms with E-state index in [1.54, 1.807) is 0 Å². The van der Waals surface area contributed by atoms with Gasteiger partial charge < -0.3 is 4.74 Å². The molecule has 1 aromatic rings. The van der Waals surface area contributed by atoms with E-state index in [4.69, 9.17) is 4.74 Å². The van der Waals surface area contributed by atoms with Gasteiger partial charge in [0.1, 0.15) is 0 Å². The van der Waals surface area contributed by atoms with Crippen LogP contribution in [0.3, 0.4) is 0 Å². The fourth-order valence-corrected chi connectivity index (χ4v) is 1.50. The molecule has 0 aliphatic carbocycles. The van der Waals surface area contributed by atoms with Gasteiger partial charge in [-0.3, -0.25) is 4.79 Å². The predicted octanol–water partition coefficient (Wildman–Crippen LogP) is 2.45. The minimum Gasteiger partial charge on any atom is -0.480 e. The van der Waals surface area contributed by atoms with Gasteiger partial charge >= 0.3 is 11.8 Å². The summed E-state index contributed by atoms with van der Waals surface area (Å²) >= 11 is 0. The smallest absolute Gasteiger partial charge is 0.442 e. The summed E-state index contributed by atoms with van der Waals surface area (Å²) in [5, 5.41) is 11.8. The predicted molar refractivity (Wildman–Crippen MR) is 53.6 cm³/mol. The van der Waals surface area contributed by atoms with Crippen molar-refractivity contribution < 1.29 is 22.7 Å². The maximum atomic E-state index is 13.1. The van der Waals surface area contributed by atoms with Gasteiger partial charge in [0, 0.05) is 11.8 Å². The molecule has 10 heteroatoms. The first kappa shape index (κ1) is 13.1. The van der Waals surface area contributed by atoms with Crippen LogP contribution in [0.15, 0.2) is 32.9 Å². The van der Waals surface area contributed by atoms with Crippen molar-refractivity contribution in [3.63, 3.8) is 0 Å². The lowest BCUT2D eigenvalue weighted by atomic mass is 10.0. The monoisotopic (exact) mass is 273 g/mol. The third-order valence-corrected chi connectivity index (χ3v) is 2.42. The van der Waals surface area contributed by atoms with Gasteiger partial charge in [0.25, 0.3) is 0 Å². The highest BCUT2D eigenvalue weighted by Crippen LogP contribution is 2.46. The lowest BCUT2D eigenvalue weighted by Gasteiger charge is -2.23. The fourth-order valence-electron chi connectivity index (χ4n) is 1.50. The first-order valence-electron chi connectivity index (χ1n) is 4.85. The largest absolute Gasteiger partial charge is 0.480 e. The summed E-state index contributed by atoms with van der Waals surface area (Å²) in [5.41, 5.74) is -3.57. The van der Waals surface area contributed by atoms with Gasteiger partial charge in [-0.2, -0.15) is 13.2 Å². The summed E-state index contributed by atoms with van der Waals surface area (Å²) < 4.78 is 43.9. The number of hydrogen-bond acceptors (Lipinski definition) is 7. The number of aromatic nitrogens is 1. The van der Waals surface area contributed by atoms with Crippen LogP contribution in [0.2, 0.25) is 0 Å². The number of pyridine rings is 1. The Balaban J connectivity index is 2.60. The molecule has 0 aromatic carbocycles. The molecule has 0 radical (unpaired) electrons. The van der Waals surface area contributed by atoms with Crippen molar-refractivity contribution in [2.45, 2.75) is 11.8 Å². The zero-order valence-corrected chi connectivity index (χ0v) is 9.42. The highest BCUT2D eigenvalue weighted by Gasteiger charge is 2.60. The second-order valence-corrected chi connectivity index (χ2v) is 3.49. The van der Waals surface area contributed by atoms with E-state index in [2.05, 4.69) is 25.7 Å². The molecule has 0 N–H and O–H groups in total. The molecule has 0 bridgehead atoms. The average Bonchev–Trinajstić information content (AvgIpc) is 2.88. The quantitative estimate of drug-likeness (QED) is 0.792. The number of methoxy groups -OCH3 is 1. The molecular formula is C9H6F3N5O2. The maximum Gasteiger partial charge on any atom is 0.442 e. The Hall–Kier alpha value is -2.39. The number of halogens is 3. The maximum absolute atomic E-state index is 13.1. The molecule has 2 rings (SSSR count). The normalized spacial score (nSPS) is 16.6. The van der Waals surface area contributed by atoms with E-state index >= 15 is 0 Å². The zero-order valence-electron chi connectivity index (χ0n) is 9.42. The number of ether oxygens (including phenoxy) is 1. The fraction of sp³-hybridized carbons (Fsp3) is 0.333. The van der Waals surface area contributed by atoms with E-state index in [0.29, 0.717) is 6.29 Å². The summed E-state index contributed by atoms with van der Waals surface area (Å²) in [7, 11) is 1.24. The molecule has 2 heterocycles. The van der Waals surface area contributed by atoms with Crippen molar-refractivity contribution in [3.8, 4) is 5.88 Å². The Morgan fingerprint density at radius 3 is 2.42 bits per heavy atom. The minimum absolute atomic E-state index is 0.0945. The van der Waals surface area contributed by atoms with Gasteiger partial charge in [0.15, 0.2) is 6.29 Å². The minimum atomic E-state index is -4.85. The number of rotatable bonds is 3. The van der Waals surface area contributed by atoms with E-state index in [-0.39, 0.29) is 11.4 Å². The summed E-state index contributed by atoms with van der Waals surface area (Å²) in [5.74, 6) is -0.0945. The van der Waals surface area contributed by atoms with Crippen LogP contribution in [0.4, 0.5) is 13.2 Å². The van der Waals surface area contributed by atoms with Gasteiger partial charge in [-0.25, -0.2) is 4.98 Å². The molecule has 19 heavy (non-hydrogen) atoms. The number of aldehydes is 1. The van der Waals surface area contributed by atoms with E-state index in [1.807, 2.05) is 0 Å². The van der Waals surface area contributed by atoms with Crippen molar-refractivity contribution in [3.05, 3.63) is 23.4 Å². The number of carbonyl (C=O) groups is 1. The van der Waals surface area contributed by atoms with Crippen molar-refractivity contribution in [2.24, 2.45) is 20.7 Å². The molecule has 0 spiro atoms. The molecule has 0 amide bonds. The lowest BCUT2D eigenvalue weighted by molar-refractivity contribution is -0.187. The van der Waals surface area contributed by atoms with Crippen LogP contribution in [0.1, 0.15) is 15.9 Å². The average molecular weight is 273 g/mol. The molecule has 1 aliphatic rings. The standard InChI is InChI=1S/C9H6F3N5O2/c1-19-7-5(4-18)2-6(3-13-7)8(9(10,11)12)14-16-17-15-8/h2-4H,1H3. The van der Waals surface area contributed by atoms with Crippen LogP contribution >= 0.6 is 0 Å². The van der Waals surface area contributed by atoms with Gasteiger partial charge in [0.05, 0.1) is 12.7 Å². The van der Waals surface area contributed by atoms with Crippen LogP contribution in [0.5, 0.6) is 5.88 Å². The van der Waals surface area contributed by atoms with Crippen LogP contribution in [-0.2, 0) is 5.66 Å². The van der Waals surface area contributed by atoms with Crippen LogP contribution in [-0.4, -0.2) is 24.6 Å². The van der Waals surface area contributed by atoms with E-state index in [1.165, 1.54) is 7.11 Å². The first-order chi connectivity index (χ1) is 8.94. The summed E-state index contributed by atoms with van der Waals surface area (Å²) in [6, 6.07) is 0.940. The molecule has 0 saturated carbocycles.